The molecule has 1 unspecified atom stereocenters. The minimum atomic E-state index is 0.378. The molecule has 2 aromatic rings. The molecule has 1 atom stereocenters. The predicted molar refractivity (Wildman–Crippen MR) is 82.8 cm³/mol. The highest BCUT2D eigenvalue weighted by Crippen LogP contribution is 2.23. The molecule has 20 heavy (non-hydrogen) atoms. The fourth-order valence-corrected chi connectivity index (χ4v) is 2.71. The highest BCUT2D eigenvalue weighted by atomic mass is 15.2. The zero-order valence-corrected chi connectivity index (χ0v) is 12.7. The minimum Gasteiger partial charge on any atom is -0.313 e. The van der Waals surface area contributed by atoms with Crippen molar-refractivity contribution in [2.75, 3.05) is 7.05 Å². The molecule has 0 aliphatic carbocycles. The fraction of sp³-hybridized carbons (Fsp3) is 0.625. The first-order valence-electron chi connectivity index (χ1n) is 7.81. The largest absolute Gasteiger partial charge is 0.313 e. The van der Waals surface area contributed by atoms with Gasteiger partial charge >= 0.3 is 0 Å². The van der Waals surface area contributed by atoms with E-state index in [0.29, 0.717) is 6.04 Å². The van der Waals surface area contributed by atoms with Crippen LogP contribution in [0.15, 0.2) is 24.8 Å². The van der Waals surface area contributed by atoms with Gasteiger partial charge in [0.15, 0.2) is 0 Å². The lowest BCUT2D eigenvalue weighted by molar-refractivity contribution is 0.500. The lowest BCUT2D eigenvalue weighted by Crippen LogP contribution is -2.16. The number of fused-ring (bicyclic) bond motifs is 1. The van der Waals surface area contributed by atoms with Crippen molar-refractivity contribution in [3.8, 4) is 0 Å². The summed E-state index contributed by atoms with van der Waals surface area (Å²) in [4.78, 5) is 4.20. The summed E-state index contributed by atoms with van der Waals surface area (Å²) in [6, 6.07) is 0.378. The van der Waals surface area contributed by atoms with Gasteiger partial charge in [-0.3, -0.25) is 4.98 Å². The van der Waals surface area contributed by atoms with Crippen LogP contribution in [0.3, 0.4) is 0 Å². The molecule has 0 aliphatic heterocycles. The van der Waals surface area contributed by atoms with Crippen LogP contribution in [0.2, 0.25) is 0 Å². The predicted octanol–water partition coefficient (Wildman–Crippen LogP) is 3.74. The van der Waals surface area contributed by atoms with Crippen molar-refractivity contribution in [3.05, 3.63) is 30.4 Å². The van der Waals surface area contributed by atoms with Gasteiger partial charge in [-0.15, -0.1) is 0 Å². The highest BCUT2D eigenvalue weighted by molar-refractivity contribution is 5.53. The molecular formula is C16H26N4. The summed E-state index contributed by atoms with van der Waals surface area (Å²) >= 11 is 0. The molecule has 0 radical (unpaired) electrons. The third-order valence-electron chi connectivity index (χ3n) is 3.92. The number of rotatable bonds is 9. The number of hydrogen-bond donors (Lipinski definition) is 1. The summed E-state index contributed by atoms with van der Waals surface area (Å²) in [5.74, 6) is 0. The van der Waals surface area contributed by atoms with Gasteiger partial charge in [-0.25, -0.2) is 4.52 Å². The molecule has 0 aromatic carbocycles. The second-order valence-electron chi connectivity index (χ2n) is 5.40. The molecule has 0 saturated heterocycles. The number of aromatic nitrogens is 3. The van der Waals surface area contributed by atoms with E-state index in [1.807, 2.05) is 30.2 Å². The third-order valence-corrected chi connectivity index (χ3v) is 3.92. The Morgan fingerprint density at radius 2 is 1.95 bits per heavy atom. The third kappa shape index (κ3) is 3.79. The van der Waals surface area contributed by atoms with Gasteiger partial charge in [-0.1, -0.05) is 45.4 Å². The van der Waals surface area contributed by atoms with Gasteiger partial charge in [0.2, 0.25) is 0 Å². The molecule has 2 aromatic heterocycles. The van der Waals surface area contributed by atoms with Crippen LogP contribution >= 0.6 is 0 Å². The van der Waals surface area contributed by atoms with Crippen LogP contribution < -0.4 is 5.32 Å². The first-order chi connectivity index (χ1) is 9.86. The molecule has 4 nitrogen and oxygen atoms in total. The molecule has 110 valence electrons. The standard InChI is InChI=1S/C16H26N4/c1-3-4-5-6-7-8-9-15(17-2)14-12-19-20-11-10-18-13-16(14)20/h10-13,15,17H,3-9H2,1-2H3. The van der Waals surface area contributed by atoms with Gasteiger partial charge in [-0.05, 0) is 13.5 Å². The zero-order valence-electron chi connectivity index (χ0n) is 12.7. The molecule has 0 spiro atoms. The van der Waals surface area contributed by atoms with Crippen molar-refractivity contribution in [3.63, 3.8) is 0 Å². The van der Waals surface area contributed by atoms with Crippen LogP contribution in [-0.2, 0) is 0 Å². The van der Waals surface area contributed by atoms with E-state index < -0.39 is 0 Å². The highest BCUT2D eigenvalue weighted by Gasteiger charge is 2.14. The maximum Gasteiger partial charge on any atom is 0.0892 e. The van der Waals surface area contributed by atoms with Gasteiger partial charge in [-0.2, -0.15) is 5.10 Å². The lowest BCUT2D eigenvalue weighted by Gasteiger charge is -2.15. The summed E-state index contributed by atoms with van der Waals surface area (Å²) in [7, 11) is 2.03. The molecule has 1 N–H and O–H groups in total. The van der Waals surface area contributed by atoms with E-state index in [-0.39, 0.29) is 0 Å². The van der Waals surface area contributed by atoms with Crippen LogP contribution in [0, 0.1) is 0 Å². The molecule has 0 amide bonds. The van der Waals surface area contributed by atoms with Gasteiger partial charge in [0.05, 0.1) is 17.9 Å². The van der Waals surface area contributed by atoms with Gasteiger partial charge in [0, 0.05) is 24.0 Å². The first kappa shape index (κ1) is 15.0. The topological polar surface area (TPSA) is 42.2 Å². The summed E-state index contributed by atoms with van der Waals surface area (Å²) in [5.41, 5.74) is 2.37. The van der Waals surface area contributed by atoms with E-state index in [2.05, 4.69) is 22.3 Å². The zero-order chi connectivity index (χ0) is 14.2. The quantitative estimate of drug-likeness (QED) is 0.708. The lowest BCUT2D eigenvalue weighted by atomic mass is 10.0. The summed E-state index contributed by atoms with van der Waals surface area (Å²) in [6.45, 7) is 2.26. The molecular weight excluding hydrogens is 248 g/mol. The Morgan fingerprint density at radius 3 is 2.75 bits per heavy atom. The van der Waals surface area contributed by atoms with E-state index in [9.17, 15) is 0 Å². The van der Waals surface area contributed by atoms with Crippen LogP contribution in [-0.4, -0.2) is 21.6 Å². The number of hydrogen-bond acceptors (Lipinski definition) is 3. The molecule has 0 aliphatic rings. The summed E-state index contributed by atoms with van der Waals surface area (Å²) < 4.78 is 1.90. The second-order valence-corrected chi connectivity index (χ2v) is 5.40. The maximum absolute atomic E-state index is 4.39. The van der Waals surface area contributed by atoms with Crippen LogP contribution in [0.4, 0.5) is 0 Å². The Bertz CT molecular complexity index is 506. The normalized spacial score (nSPS) is 12.9. The Labute approximate surface area is 121 Å². The average Bonchev–Trinajstić information content (AvgIpc) is 2.91. The van der Waals surface area contributed by atoms with Gasteiger partial charge in [0.25, 0.3) is 0 Å². The summed E-state index contributed by atoms with van der Waals surface area (Å²) in [5, 5.41) is 7.81. The van der Waals surface area contributed by atoms with Crippen molar-refractivity contribution in [1.82, 2.24) is 19.9 Å². The fourth-order valence-electron chi connectivity index (χ4n) is 2.71. The van der Waals surface area contributed by atoms with Crippen molar-refractivity contribution in [2.45, 2.75) is 57.9 Å². The van der Waals surface area contributed by atoms with E-state index in [1.54, 1.807) is 6.20 Å². The van der Waals surface area contributed by atoms with Crippen LogP contribution in [0.1, 0.15) is 63.5 Å². The Hall–Kier alpha value is -1.42. The molecule has 4 heteroatoms. The number of nitrogens with zero attached hydrogens (tertiary/aromatic N) is 3. The maximum atomic E-state index is 4.39. The van der Waals surface area contributed by atoms with Crippen molar-refractivity contribution in [1.29, 1.82) is 0 Å². The van der Waals surface area contributed by atoms with E-state index >= 15 is 0 Å². The van der Waals surface area contributed by atoms with Crippen LogP contribution in [0.25, 0.3) is 5.52 Å². The molecule has 0 saturated carbocycles. The van der Waals surface area contributed by atoms with Crippen molar-refractivity contribution >= 4 is 5.52 Å². The Kier molecular flexibility index (Phi) is 5.99. The minimum absolute atomic E-state index is 0.378. The van der Waals surface area contributed by atoms with E-state index in [1.165, 1.54) is 50.5 Å². The molecule has 2 rings (SSSR count). The van der Waals surface area contributed by atoms with Gasteiger partial charge < -0.3 is 5.32 Å². The first-order valence-corrected chi connectivity index (χ1v) is 7.81. The molecule has 2 heterocycles. The Morgan fingerprint density at radius 1 is 1.15 bits per heavy atom. The van der Waals surface area contributed by atoms with Crippen LogP contribution in [0.5, 0.6) is 0 Å². The second kappa shape index (κ2) is 8.00. The van der Waals surface area contributed by atoms with Crippen molar-refractivity contribution < 1.29 is 0 Å². The molecule has 0 fully saturated rings. The SMILES string of the molecule is CCCCCCCCC(NC)c1cnn2ccncc12. The smallest absolute Gasteiger partial charge is 0.0892 e. The monoisotopic (exact) mass is 274 g/mol. The van der Waals surface area contributed by atoms with Gasteiger partial charge in [0.1, 0.15) is 0 Å². The van der Waals surface area contributed by atoms with Crippen molar-refractivity contribution in [2.24, 2.45) is 0 Å². The molecule has 0 bridgehead atoms. The number of unbranched alkanes of at least 4 members (excludes halogenated alkanes) is 5. The number of nitrogens with one attached hydrogen (secondary N) is 1. The summed E-state index contributed by atoms with van der Waals surface area (Å²) in [6.07, 6.45) is 16.7. The average molecular weight is 274 g/mol. The Balaban J connectivity index is 1.88. The van der Waals surface area contributed by atoms with E-state index in [4.69, 9.17) is 0 Å². The van der Waals surface area contributed by atoms with E-state index in [0.717, 1.165) is 5.52 Å².